The fourth-order valence-corrected chi connectivity index (χ4v) is 5.30. The van der Waals surface area contributed by atoms with Crippen molar-refractivity contribution < 1.29 is 9.21 Å². The van der Waals surface area contributed by atoms with Gasteiger partial charge in [-0.3, -0.25) is 4.90 Å². The average Bonchev–Trinajstić information content (AvgIpc) is 3.30. The number of aryl methyl sites for hydroxylation is 1. The van der Waals surface area contributed by atoms with Crippen molar-refractivity contribution >= 4 is 6.03 Å². The molecule has 1 aliphatic carbocycles. The van der Waals surface area contributed by atoms with Gasteiger partial charge < -0.3 is 18.8 Å². The van der Waals surface area contributed by atoms with Crippen LogP contribution in [0.3, 0.4) is 0 Å². The summed E-state index contributed by atoms with van der Waals surface area (Å²) in [5, 5.41) is 0. The minimum Gasteiger partial charge on any atom is -0.468 e. The van der Waals surface area contributed by atoms with Gasteiger partial charge in [-0.25, -0.2) is 9.78 Å². The van der Waals surface area contributed by atoms with E-state index in [2.05, 4.69) is 22.5 Å². The first-order valence-electron chi connectivity index (χ1n) is 11.2. The van der Waals surface area contributed by atoms with Crippen molar-refractivity contribution in [2.45, 2.75) is 57.7 Å². The lowest BCUT2D eigenvalue weighted by Crippen LogP contribution is -2.54. The molecule has 0 aromatic carbocycles. The van der Waals surface area contributed by atoms with Gasteiger partial charge in [0.15, 0.2) is 0 Å². The molecule has 1 spiro atoms. The second kappa shape index (κ2) is 7.45. The van der Waals surface area contributed by atoms with Gasteiger partial charge in [-0.15, -0.1) is 0 Å². The predicted octanol–water partition coefficient (Wildman–Crippen LogP) is 3.23. The Morgan fingerprint density at radius 2 is 2.07 bits per heavy atom. The number of fused-ring (bicyclic) bond motifs is 2. The molecule has 5 rings (SSSR count). The molecule has 7 heteroatoms. The van der Waals surface area contributed by atoms with Crippen LogP contribution in [-0.2, 0) is 25.0 Å². The number of piperidine rings is 1. The number of furan rings is 1. The number of rotatable bonds is 4. The van der Waals surface area contributed by atoms with E-state index in [0.717, 1.165) is 69.6 Å². The molecule has 0 atom stereocenters. The van der Waals surface area contributed by atoms with Crippen LogP contribution in [0.5, 0.6) is 0 Å². The summed E-state index contributed by atoms with van der Waals surface area (Å²) in [5.74, 6) is 2.98. The quantitative estimate of drug-likeness (QED) is 0.775. The highest BCUT2D eigenvalue weighted by Crippen LogP contribution is 2.43. The molecule has 0 radical (unpaired) electrons. The van der Waals surface area contributed by atoms with Crippen LogP contribution in [0.2, 0.25) is 0 Å². The number of imidazole rings is 1. The number of amides is 2. The van der Waals surface area contributed by atoms with Crippen LogP contribution in [-0.4, -0.2) is 64.0 Å². The molecule has 4 heterocycles. The number of urea groups is 1. The van der Waals surface area contributed by atoms with Crippen LogP contribution < -0.4 is 0 Å². The standard InChI is InChI=1S/C23H33N5O2/c1-17-24-21-20(28(17)13-18-6-7-18)15-26(14-19-5-4-12-30-19)16-23(21)8-10-27(11-9-23)22(29)25(2)3/h4-5,12,18H,6-11,13-16H2,1-3H3. The minimum atomic E-state index is 0.0167. The monoisotopic (exact) mass is 411 g/mol. The molecule has 1 saturated heterocycles. The third-order valence-corrected chi connectivity index (χ3v) is 7.14. The minimum absolute atomic E-state index is 0.0167. The van der Waals surface area contributed by atoms with E-state index in [1.165, 1.54) is 24.2 Å². The lowest BCUT2D eigenvalue weighted by atomic mass is 9.72. The Hall–Kier alpha value is -2.28. The molecule has 3 aliphatic rings. The summed E-state index contributed by atoms with van der Waals surface area (Å²) in [7, 11) is 3.67. The SMILES string of the molecule is Cc1nc2c(n1CC1CC1)CN(Cc1ccco1)CC21CCN(C(=O)N(C)C)CC1. The first-order chi connectivity index (χ1) is 14.4. The van der Waals surface area contributed by atoms with Crippen molar-refractivity contribution in [1.29, 1.82) is 0 Å². The molecule has 30 heavy (non-hydrogen) atoms. The summed E-state index contributed by atoms with van der Waals surface area (Å²) in [6.45, 7) is 7.57. The van der Waals surface area contributed by atoms with Crippen molar-refractivity contribution in [2.24, 2.45) is 5.92 Å². The summed E-state index contributed by atoms with van der Waals surface area (Å²) in [5.41, 5.74) is 2.71. The van der Waals surface area contributed by atoms with Crippen LogP contribution in [0.15, 0.2) is 22.8 Å². The van der Waals surface area contributed by atoms with Crippen molar-refractivity contribution in [1.82, 2.24) is 24.3 Å². The number of likely N-dealkylation sites (tertiary alicyclic amines) is 1. The van der Waals surface area contributed by atoms with Gasteiger partial charge >= 0.3 is 6.03 Å². The molecule has 7 nitrogen and oxygen atoms in total. The largest absolute Gasteiger partial charge is 0.468 e. The van der Waals surface area contributed by atoms with E-state index in [0.29, 0.717) is 0 Å². The zero-order chi connectivity index (χ0) is 20.9. The molecule has 1 saturated carbocycles. The Morgan fingerprint density at radius 1 is 1.30 bits per heavy atom. The topological polar surface area (TPSA) is 57.8 Å². The Morgan fingerprint density at radius 3 is 2.70 bits per heavy atom. The fourth-order valence-electron chi connectivity index (χ4n) is 5.30. The highest BCUT2D eigenvalue weighted by molar-refractivity contribution is 5.74. The molecule has 2 aliphatic heterocycles. The lowest BCUT2D eigenvalue weighted by molar-refractivity contribution is 0.0883. The fraction of sp³-hybridized carbons (Fsp3) is 0.652. The molecule has 2 fully saturated rings. The Bertz CT molecular complexity index is 904. The number of nitrogens with zero attached hydrogens (tertiary/aromatic N) is 5. The van der Waals surface area contributed by atoms with E-state index in [1.54, 1.807) is 11.2 Å². The normalized spacial score (nSPS) is 21.1. The van der Waals surface area contributed by atoms with Crippen molar-refractivity contribution in [2.75, 3.05) is 33.7 Å². The molecule has 0 N–H and O–H groups in total. The van der Waals surface area contributed by atoms with Crippen LogP contribution >= 0.6 is 0 Å². The van der Waals surface area contributed by atoms with E-state index >= 15 is 0 Å². The molecule has 0 bridgehead atoms. The Balaban J connectivity index is 1.45. The van der Waals surface area contributed by atoms with Crippen LogP contribution in [0.4, 0.5) is 4.79 Å². The van der Waals surface area contributed by atoms with Crippen LogP contribution in [0.25, 0.3) is 0 Å². The zero-order valence-corrected chi connectivity index (χ0v) is 18.4. The summed E-state index contributed by atoms with van der Waals surface area (Å²) in [6, 6.07) is 4.14. The summed E-state index contributed by atoms with van der Waals surface area (Å²) >= 11 is 0. The maximum absolute atomic E-state index is 12.5. The maximum atomic E-state index is 12.5. The Labute approximate surface area is 178 Å². The molecular formula is C23H33N5O2. The van der Waals surface area contributed by atoms with Gasteiger partial charge in [-0.05, 0) is 50.7 Å². The molecule has 162 valence electrons. The van der Waals surface area contributed by atoms with Crippen molar-refractivity contribution in [3.8, 4) is 0 Å². The highest BCUT2D eigenvalue weighted by Gasteiger charge is 2.46. The van der Waals surface area contributed by atoms with Crippen molar-refractivity contribution in [3.05, 3.63) is 41.4 Å². The first-order valence-corrected chi connectivity index (χ1v) is 11.2. The highest BCUT2D eigenvalue weighted by atomic mass is 16.3. The van der Waals surface area contributed by atoms with Gasteiger partial charge in [0.05, 0.1) is 24.2 Å². The Kier molecular flexibility index (Phi) is 4.88. The summed E-state index contributed by atoms with van der Waals surface area (Å²) < 4.78 is 8.15. The zero-order valence-electron chi connectivity index (χ0n) is 18.4. The van der Waals surface area contributed by atoms with E-state index in [1.807, 2.05) is 25.1 Å². The van der Waals surface area contributed by atoms with Gasteiger partial charge in [-0.2, -0.15) is 0 Å². The number of aromatic nitrogens is 2. The molecule has 0 unspecified atom stereocenters. The maximum Gasteiger partial charge on any atom is 0.319 e. The molecular weight excluding hydrogens is 378 g/mol. The lowest BCUT2D eigenvalue weighted by Gasteiger charge is -2.47. The van der Waals surface area contributed by atoms with Gasteiger partial charge in [0.25, 0.3) is 0 Å². The molecule has 2 aromatic rings. The predicted molar refractivity (Wildman–Crippen MR) is 114 cm³/mol. The second-order valence-electron chi connectivity index (χ2n) is 9.68. The molecule has 2 amide bonds. The average molecular weight is 412 g/mol. The van der Waals surface area contributed by atoms with Gasteiger partial charge in [-0.1, -0.05) is 0 Å². The van der Waals surface area contributed by atoms with E-state index < -0.39 is 0 Å². The first kappa shape index (κ1) is 19.7. The number of carbonyl (C=O) groups excluding carboxylic acids is 1. The number of hydrogen-bond acceptors (Lipinski definition) is 4. The summed E-state index contributed by atoms with van der Waals surface area (Å²) in [4.78, 5) is 23.8. The van der Waals surface area contributed by atoms with Gasteiger partial charge in [0, 0.05) is 52.2 Å². The third kappa shape index (κ3) is 3.53. The van der Waals surface area contributed by atoms with Crippen molar-refractivity contribution in [3.63, 3.8) is 0 Å². The second-order valence-corrected chi connectivity index (χ2v) is 9.68. The smallest absolute Gasteiger partial charge is 0.319 e. The van der Waals surface area contributed by atoms with E-state index in [4.69, 9.17) is 9.40 Å². The van der Waals surface area contributed by atoms with E-state index in [-0.39, 0.29) is 11.4 Å². The number of hydrogen-bond donors (Lipinski definition) is 0. The summed E-state index contributed by atoms with van der Waals surface area (Å²) in [6.07, 6.45) is 6.38. The van der Waals surface area contributed by atoms with Gasteiger partial charge in [0.1, 0.15) is 11.6 Å². The molecule has 2 aromatic heterocycles. The van der Waals surface area contributed by atoms with Crippen LogP contribution in [0.1, 0.15) is 48.7 Å². The van der Waals surface area contributed by atoms with E-state index in [9.17, 15) is 4.79 Å². The number of carbonyl (C=O) groups is 1. The van der Waals surface area contributed by atoms with Crippen LogP contribution in [0, 0.1) is 12.8 Å². The third-order valence-electron chi connectivity index (χ3n) is 7.14. The van der Waals surface area contributed by atoms with Gasteiger partial charge in [0.2, 0.25) is 0 Å².